The number of nitrogens with one attached hydrogen (secondary N) is 1. The first kappa shape index (κ1) is 13.7. The van der Waals surface area contributed by atoms with Crippen molar-refractivity contribution < 1.29 is 9.18 Å². The molecule has 0 saturated carbocycles. The zero-order valence-electron chi connectivity index (χ0n) is 9.94. The molecule has 0 saturated heterocycles. The number of hydrogen-bond donors (Lipinski definition) is 2. The second-order valence-electron chi connectivity index (χ2n) is 3.97. The molecule has 2 rings (SSSR count). The van der Waals surface area contributed by atoms with Crippen LogP contribution >= 0.6 is 15.9 Å². The number of rotatable bonds is 3. The molecule has 1 atom stereocenters. The fourth-order valence-electron chi connectivity index (χ4n) is 1.63. The highest BCUT2D eigenvalue weighted by atomic mass is 79.9. The van der Waals surface area contributed by atoms with Crippen molar-refractivity contribution in [3.8, 4) is 0 Å². The first-order chi connectivity index (χ1) is 9.09. The van der Waals surface area contributed by atoms with Gasteiger partial charge in [-0.1, -0.05) is 36.4 Å². The van der Waals surface area contributed by atoms with E-state index in [0.717, 1.165) is 0 Å². The summed E-state index contributed by atoms with van der Waals surface area (Å²) in [6.07, 6.45) is 0. The van der Waals surface area contributed by atoms with E-state index >= 15 is 0 Å². The van der Waals surface area contributed by atoms with E-state index < -0.39 is 17.8 Å². The minimum absolute atomic E-state index is 0.0962. The van der Waals surface area contributed by atoms with Crippen LogP contribution in [0.4, 0.5) is 10.1 Å². The number of carbonyl (C=O) groups is 1. The van der Waals surface area contributed by atoms with Gasteiger partial charge in [0.25, 0.3) is 0 Å². The molecular weight excluding hydrogens is 311 g/mol. The van der Waals surface area contributed by atoms with Crippen LogP contribution in [0.5, 0.6) is 0 Å². The number of nitrogens with two attached hydrogens (primary N) is 1. The number of benzene rings is 2. The summed E-state index contributed by atoms with van der Waals surface area (Å²) >= 11 is 3.19. The minimum atomic E-state index is -0.840. The Balaban J connectivity index is 2.18. The molecule has 1 amide bonds. The smallest absolute Gasteiger partial charge is 0.245 e. The van der Waals surface area contributed by atoms with Crippen LogP contribution < -0.4 is 11.1 Å². The molecule has 0 bridgehead atoms. The summed E-state index contributed by atoms with van der Waals surface area (Å²) in [5.41, 5.74) is 6.61. The third-order valence-electron chi connectivity index (χ3n) is 2.65. The Morgan fingerprint density at radius 1 is 1.16 bits per heavy atom. The summed E-state index contributed by atoms with van der Waals surface area (Å²) in [7, 11) is 0. The van der Waals surface area contributed by atoms with Gasteiger partial charge >= 0.3 is 0 Å². The molecule has 0 unspecified atom stereocenters. The molecule has 0 radical (unpaired) electrons. The lowest BCUT2D eigenvalue weighted by Crippen LogP contribution is -2.28. The van der Waals surface area contributed by atoms with Crippen molar-refractivity contribution in [3.05, 3.63) is 64.4 Å². The highest BCUT2D eigenvalue weighted by Gasteiger charge is 2.18. The molecule has 0 spiro atoms. The van der Waals surface area contributed by atoms with E-state index in [1.165, 1.54) is 6.07 Å². The van der Waals surface area contributed by atoms with Crippen LogP contribution in [0.3, 0.4) is 0 Å². The van der Waals surface area contributed by atoms with Crippen molar-refractivity contribution in [1.82, 2.24) is 0 Å². The Bertz CT molecular complexity index is 569. The van der Waals surface area contributed by atoms with Gasteiger partial charge in [-0.25, -0.2) is 4.39 Å². The van der Waals surface area contributed by atoms with Crippen LogP contribution in [-0.2, 0) is 4.79 Å². The topological polar surface area (TPSA) is 55.1 Å². The summed E-state index contributed by atoms with van der Waals surface area (Å²) in [4.78, 5) is 12.0. The van der Waals surface area contributed by atoms with Gasteiger partial charge in [-0.3, -0.25) is 4.79 Å². The van der Waals surface area contributed by atoms with Gasteiger partial charge in [-0.05, 0) is 33.6 Å². The number of amides is 1. The maximum absolute atomic E-state index is 13.6. The lowest BCUT2D eigenvalue weighted by Gasteiger charge is -2.14. The van der Waals surface area contributed by atoms with E-state index in [9.17, 15) is 9.18 Å². The summed E-state index contributed by atoms with van der Waals surface area (Å²) in [5, 5.41) is 2.49. The molecule has 3 nitrogen and oxygen atoms in total. The number of para-hydroxylation sites is 1. The number of anilines is 1. The van der Waals surface area contributed by atoms with Crippen LogP contribution in [0.1, 0.15) is 11.6 Å². The predicted molar refractivity (Wildman–Crippen MR) is 76.1 cm³/mol. The van der Waals surface area contributed by atoms with E-state index in [2.05, 4.69) is 21.2 Å². The Morgan fingerprint density at radius 2 is 1.84 bits per heavy atom. The Labute approximate surface area is 118 Å². The lowest BCUT2D eigenvalue weighted by molar-refractivity contribution is -0.117. The summed E-state index contributed by atoms with van der Waals surface area (Å²) in [6, 6.07) is 12.5. The molecule has 3 N–H and O–H groups in total. The van der Waals surface area contributed by atoms with Gasteiger partial charge in [0, 0.05) is 4.47 Å². The molecule has 0 aliphatic rings. The molecule has 2 aromatic rings. The Hall–Kier alpha value is -1.72. The molecule has 0 heterocycles. The number of halogens is 2. The second kappa shape index (κ2) is 5.95. The van der Waals surface area contributed by atoms with Crippen LogP contribution in [0, 0.1) is 5.82 Å². The summed E-state index contributed by atoms with van der Waals surface area (Å²) in [6.45, 7) is 0. The van der Waals surface area contributed by atoms with Crippen molar-refractivity contribution in [2.75, 3.05) is 5.32 Å². The maximum atomic E-state index is 13.6. The molecule has 19 heavy (non-hydrogen) atoms. The number of hydrogen-bond acceptors (Lipinski definition) is 2. The number of carbonyl (C=O) groups excluding carboxylic acids is 1. The molecule has 0 aliphatic carbocycles. The van der Waals surface area contributed by atoms with E-state index in [4.69, 9.17) is 5.73 Å². The highest BCUT2D eigenvalue weighted by molar-refractivity contribution is 9.10. The second-order valence-corrected chi connectivity index (χ2v) is 4.83. The molecular formula is C14H12BrFN2O. The third-order valence-corrected chi connectivity index (χ3v) is 3.31. The summed E-state index contributed by atoms with van der Waals surface area (Å²) < 4.78 is 14.1. The molecule has 0 aliphatic heterocycles. The quantitative estimate of drug-likeness (QED) is 0.911. The highest BCUT2D eigenvalue weighted by Crippen LogP contribution is 2.26. The molecule has 0 aromatic heterocycles. The average molecular weight is 323 g/mol. The van der Waals surface area contributed by atoms with Gasteiger partial charge in [-0.2, -0.15) is 0 Å². The molecule has 0 fully saturated rings. The lowest BCUT2D eigenvalue weighted by atomic mass is 10.1. The van der Waals surface area contributed by atoms with E-state index in [0.29, 0.717) is 10.0 Å². The summed E-state index contributed by atoms with van der Waals surface area (Å²) in [5.74, 6) is -0.972. The van der Waals surface area contributed by atoms with Crippen molar-refractivity contribution in [2.45, 2.75) is 6.04 Å². The van der Waals surface area contributed by atoms with Crippen LogP contribution in [0.2, 0.25) is 0 Å². The van der Waals surface area contributed by atoms with Gasteiger partial charge in [0.1, 0.15) is 11.9 Å². The molecule has 5 heteroatoms. The van der Waals surface area contributed by atoms with Gasteiger partial charge in [0.2, 0.25) is 5.91 Å². The average Bonchev–Trinajstić information content (AvgIpc) is 2.43. The SMILES string of the molecule is N[C@@H](C(=O)Nc1c(F)cccc1Br)c1ccccc1. The first-order valence-electron chi connectivity index (χ1n) is 5.65. The largest absolute Gasteiger partial charge is 0.321 e. The van der Waals surface area contributed by atoms with E-state index in [1.54, 1.807) is 36.4 Å². The van der Waals surface area contributed by atoms with Crippen LogP contribution in [0.15, 0.2) is 53.0 Å². The molecule has 98 valence electrons. The molecule has 2 aromatic carbocycles. The van der Waals surface area contributed by atoms with Crippen molar-refractivity contribution in [1.29, 1.82) is 0 Å². The van der Waals surface area contributed by atoms with Crippen LogP contribution in [-0.4, -0.2) is 5.91 Å². The fourth-order valence-corrected chi connectivity index (χ4v) is 2.07. The van der Waals surface area contributed by atoms with Gasteiger partial charge in [0.05, 0.1) is 5.69 Å². The van der Waals surface area contributed by atoms with Gasteiger partial charge in [0.15, 0.2) is 0 Å². The van der Waals surface area contributed by atoms with Gasteiger partial charge in [-0.15, -0.1) is 0 Å². The first-order valence-corrected chi connectivity index (χ1v) is 6.44. The van der Waals surface area contributed by atoms with Crippen LogP contribution in [0.25, 0.3) is 0 Å². The van der Waals surface area contributed by atoms with Crippen molar-refractivity contribution in [2.24, 2.45) is 5.73 Å². The monoisotopic (exact) mass is 322 g/mol. The zero-order valence-corrected chi connectivity index (χ0v) is 11.5. The van der Waals surface area contributed by atoms with E-state index in [-0.39, 0.29) is 5.69 Å². The third kappa shape index (κ3) is 3.19. The van der Waals surface area contributed by atoms with E-state index in [1.807, 2.05) is 6.07 Å². The van der Waals surface area contributed by atoms with Crippen molar-refractivity contribution in [3.63, 3.8) is 0 Å². The minimum Gasteiger partial charge on any atom is -0.321 e. The normalized spacial score (nSPS) is 11.9. The Morgan fingerprint density at radius 3 is 2.47 bits per heavy atom. The van der Waals surface area contributed by atoms with Gasteiger partial charge < -0.3 is 11.1 Å². The Kier molecular flexibility index (Phi) is 4.29. The fraction of sp³-hybridized carbons (Fsp3) is 0.0714. The van der Waals surface area contributed by atoms with Crippen molar-refractivity contribution >= 4 is 27.5 Å². The zero-order chi connectivity index (χ0) is 13.8. The standard InChI is InChI=1S/C14H12BrFN2O/c15-10-7-4-8-11(16)13(10)18-14(19)12(17)9-5-2-1-3-6-9/h1-8,12H,17H2,(H,18,19)/t12-/m1/s1. The predicted octanol–water partition coefficient (Wildman–Crippen LogP) is 3.23. The maximum Gasteiger partial charge on any atom is 0.245 e.